The number of benzene rings is 1. The largest absolute Gasteiger partial charge is 0.480 e. The van der Waals surface area contributed by atoms with Gasteiger partial charge in [0.25, 0.3) is 0 Å². The van der Waals surface area contributed by atoms with E-state index in [9.17, 15) is 4.79 Å². The third-order valence-electron chi connectivity index (χ3n) is 3.18. The lowest BCUT2D eigenvalue weighted by Crippen LogP contribution is -2.28. The molecule has 0 saturated carbocycles. The highest BCUT2D eigenvalue weighted by atomic mass is 16.4. The molecule has 0 radical (unpaired) electrons. The Kier molecular flexibility index (Phi) is 2.98. The fourth-order valence-corrected chi connectivity index (χ4v) is 2.13. The van der Waals surface area contributed by atoms with E-state index in [0.717, 1.165) is 5.39 Å². The van der Waals surface area contributed by atoms with Crippen LogP contribution in [0.4, 0.5) is 5.82 Å². The van der Waals surface area contributed by atoms with Crippen molar-refractivity contribution >= 4 is 33.9 Å². The third-order valence-corrected chi connectivity index (χ3v) is 3.18. The number of hydrogen-bond donors (Lipinski definition) is 2. The lowest BCUT2D eigenvalue weighted by Gasteiger charge is -2.12. The number of furan rings is 1. The van der Waals surface area contributed by atoms with Crippen LogP contribution in [0.3, 0.4) is 0 Å². The number of carboxylic acid groups (broad SMARTS) is 1. The summed E-state index contributed by atoms with van der Waals surface area (Å²) in [5, 5.41) is 12.9. The molecule has 2 heterocycles. The van der Waals surface area contributed by atoms with Crippen molar-refractivity contribution in [1.82, 2.24) is 9.97 Å². The van der Waals surface area contributed by atoms with Gasteiger partial charge >= 0.3 is 5.97 Å². The van der Waals surface area contributed by atoms with Crippen LogP contribution in [0.2, 0.25) is 0 Å². The van der Waals surface area contributed by atoms with Crippen LogP contribution in [-0.4, -0.2) is 27.1 Å². The number of rotatable bonds is 4. The summed E-state index contributed by atoms with van der Waals surface area (Å²) >= 11 is 0. The number of nitrogens with one attached hydrogen (secondary N) is 1. The van der Waals surface area contributed by atoms with E-state index in [1.54, 1.807) is 6.92 Å². The van der Waals surface area contributed by atoms with Crippen LogP contribution in [0.25, 0.3) is 22.1 Å². The van der Waals surface area contributed by atoms with Gasteiger partial charge in [-0.15, -0.1) is 0 Å². The molecule has 6 nitrogen and oxygen atoms in total. The number of aliphatic carboxylic acids is 1. The summed E-state index contributed by atoms with van der Waals surface area (Å²) < 4.78 is 5.73. The zero-order valence-corrected chi connectivity index (χ0v) is 10.8. The maximum absolute atomic E-state index is 11.1. The van der Waals surface area contributed by atoms with Crippen molar-refractivity contribution in [3.63, 3.8) is 0 Å². The number of carbonyl (C=O) groups is 1. The molecule has 0 aliphatic carbocycles. The van der Waals surface area contributed by atoms with E-state index in [-0.39, 0.29) is 0 Å². The van der Waals surface area contributed by atoms with Gasteiger partial charge in [-0.25, -0.2) is 14.8 Å². The van der Waals surface area contributed by atoms with Crippen LogP contribution in [0, 0.1) is 0 Å². The van der Waals surface area contributed by atoms with Crippen LogP contribution < -0.4 is 5.32 Å². The molecule has 102 valence electrons. The molecule has 2 N–H and O–H groups in total. The molecule has 1 atom stereocenters. The maximum Gasteiger partial charge on any atom is 0.326 e. The second-order valence-corrected chi connectivity index (χ2v) is 4.44. The van der Waals surface area contributed by atoms with Crippen molar-refractivity contribution in [2.75, 3.05) is 5.32 Å². The molecule has 1 aromatic carbocycles. The van der Waals surface area contributed by atoms with Gasteiger partial charge in [0.2, 0.25) is 0 Å². The number of fused-ring (bicyclic) bond motifs is 3. The standard InChI is InChI=1S/C14H13N3O3/c1-2-9(14(18)19)17-13-12-11(15-7-16-13)8-5-3-4-6-10(8)20-12/h3-7,9H,2H2,1H3,(H,18,19)(H,15,16,17)/t9-/m0/s1. The Balaban J connectivity index is 2.14. The zero-order valence-electron chi connectivity index (χ0n) is 10.8. The molecule has 2 aromatic heterocycles. The summed E-state index contributed by atoms with van der Waals surface area (Å²) in [5.74, 6) is -0.518. The quantitative estimate of drug-likeness (QED) is 0.758. The molecule has 3 rings (SSSR count). The molecule has 0 aliphatic rings. The van der Waals surface area contributed by atoms with Crippen molar-refractivity contribution in [3.05, 3.63) is 30.6 Å². The molecule has 0 aliphatic heterocycles. The summed E-state index contributed by atoms with van der Waals surface area (Å²) in [6.07, 6.45) is 1.85. The predicted molar refractivity (Wildman–Crippen MR) is 74.6 cm³/mol. The Labute approximate surface area is 114 Å². The minimum atomic E-state index is -0.921. The van der Waals surface area contributed by atoms with E-state index in [1.807, 2.05) is 24.3 Å². The Morgan fingerprint density at radius 1 is 1.40 bits per heavy atom. The fourth-order valence-electron chi connectivity index (χ4n) is 2.13. The summed E-state index contributed by atoms with van der Waals surface area (Å²) in [7, 11) is 0. The zero-order chi connectivity index (χ0) is 14.1. The molecular weight excluding hydrogens is 258 g/mol. The molecule has 3 aromatic rings. The summed E-state index contributed by atoms with van der Waals surface area (Å²) in [6, 6.07) is 6.82. The second kappa shape index (κ2) is 4.80. The average molecular weight is 271 g/mol. The Morgan fingerprint density at radius 3 is 2.95 bits per heavy atom. The Bertz CT molecular complexity index is 782. The summed E-state index contributed by atoms with van der Waals surface area (Å²) in [4.78, 5) is 19.4. The predicted octanol–water partition coefficient (Wildman–Crippen LogP) is 2.65. The van der Waals surface area contributed by atoms with Crippen LogP contribution >= 0.6 is 0 Å². The van der Waals surface area contributed by atoms with Gasteiger partial charge < -0.3 is 14.8 Å². The van der Waals surface area contributed by atoms with E-state index >= 15 is 0 Å². The van der Waals surface area contributed by atoms with Gasteiger partial charge in [-0.1, -0.05) is 19.1 Å². The normalized spacial score (nSPS) is 12.7. The van der Waals surface area contributed by atoms with Gasteiger partial charge in [0.15, 0.2) is 11.4 Å². The van der Waals surface area contributed by atoms with E-state index in [0.29, 0.717) is 28.9 Å². The number of carboxylic acids is 1. The number of hydrogen-bond acceptors (Lipinski definition) is 5. The first-order chi connectivity index (χ1) is 9.70. The third kappa shape index (κ3) is 1.95. The van der Waals surface area contributed by atoms with Crippen molar-refractivity contribution in [2.24, 2.45) is 0 Å². The molecule has 0 bridgehead atoms. The first-order valence-corrected chi connectivity index (χ1v) is 6.32. The summed E-state index contributed by atoms with van der Waals surface area (Å²) in [5.41, 5.74) is 1.86. The van der Waals surface area contributed by atoms with Crippen molar-refractivity contribution in [3.8, 4) is 0 Å². The molecular formula is C14H13N3O3. The van der Waals surface area contributed by atoms with E-state index in [1.165, 1.54) is 6.33 Å². The van der Waals surface area contributed by atoms with Gasteiger partial charge in [-0.3, -0.25) is 0 Å². The van der Waals surface area contributed by atoms with Gasteiger partial charge in [0.1, 0.15) is 23.5 Å². The van der Waals surface area contributed by atoms with Gasteiger partial charge in [-0.05, 0) is 18.6 Å². The highest BCUT2D eigenvalue weighted by molar-refractivity contribution is 6.05. The van der Waals surface area contributed by atoms with E-state index in [4.69, 9.17) is 9.52 Å². The molecule has 0 spiro atoms. The monoisotopic (exact) mass is 271 g/mol. The number of aromatic nitrogens is 2. The molecule has 6 heteroatoms. The fraction of sp³-hybridized carbons (Fsp3) is 0.214. The first kappa shape index (κ1) is 12.4. The van der Waals surface area contributed by atoms with Crippen molar-refractivity contribution in [1.29, 1.82) is 0 Å². The number of anilines is 1. The molecule has 0 amide bonds. The van der Waals surface area contributed by atoms with Gasteiger partial charge in [0.05, 0.1) is 0 Å². The topological polar surface area (TPSA) is 88.3 Å². The van der Waals surface area contributed by atoms with Crippen LogP contribution in [-0.2, 0) is 4.79 Å². The number of nitrogens with zero attached hydrogens (tertiary/aromatic N) is 2. The Hall–Kier alpha value is -2.63. The van der Waals surface area contributed by atoms with Crippen molar-refractivity contribution < 1.29 is 14.3 Å². The lowest BCUT2D eigenvalue weighted by atomic mass is 10.2. The first-order valence-electron chi connectivity index (χ1n) is 6.32. The minimum Gasteiger partial charge on any atom is -0.480 e. The highest BCUT2D eigenvalue weighted by Crippen LogP contribution is 2.30. The van der Waals surface area contributed by atoms with Gasteiger partial charge in [-0.2, -0.15) is 0 Å². The molecule has 20 heavy (non-hydrogen) atoms. The second-order valence-electron chi connectivity index (χ2n) is 4.44. The molecule has 0 saturated heterocycles. The van der Waals surface area contributed by atoms with Gasteiger partial charge in [0, 0.05) is 5.39 Å². The number of para-hydroxylation sites is 1. The van der Waals surface area contributed by atoms with Crippen molar-refractivity contribution in [2.45, 2.75) is 19.4 Å². The van der Waals surface area contributed by atoms with Crippen LogP contribution in [0.15, 0.2) is 35.0 Å². The highest BCUT2D eigenvalue weighted by Gasteiger charge is 2.19. The molecule has 0 fully saturated rings. The minimum absolute atomic E-state index is 0.403. The van der Waals surface area contributed by atoms with E-state index < -0.39 is 12.0 Å². The Morgan fingerprint density at radius 2 is 2.20 bits per heavy atom. The summed E-state index contributed by atoms with van der Waals surface area (Å²) in [6.45, 7) is 1.79. The maximum atomic E-state index is 11.1. The lowest BCUT2D eigenvalue weighted by molar-refractivity contribution is -0.137. The van der Waals surface area contributed by atoms with Crippen LogP contribution in [0.5, 0.6) is 0 Å². The average Bonchev–Trinajstić information content (AvgIpc) is 2.84. The smallest absolute Gasteiger partial charge is 0.326 e. The molecule has 0 unspecified atom stereocenters. The van der Waals surface area contributed by atoms with Crippen LogP contribution in [0.1, 0.15) is 13.3 Å². The SMILES string of the molecule is CC[C@H](Nc1ncnc2c1oc1ccccc12)C(=O)O. The van der Waals surface area contributed by atoms with E-state index in [2.05, 4.69) is 15.3 Å².